The average Bonchev–Trinajstić information content (AvgIpc) is 2.74. The third kappa shape index (κ3) is 16.6. The van der Waals surface area contributed by atoms with Crippen LogP contribution in [0.2, 0.25) is 0 Å². The van der Waals surface area contributed by atoms with Crippen molar-refractivity contribution in [3.05, 3.63) is 102 Å². The minimum atomic E-state index is 0.822. The van der Waals surface area contributed by atoms with Crippen LogP contribution >= 0.6 is 0 Å². The Kier molecular flexibility index (Phi) is 21.1. The lowest BCUT2D eigenvalue weighted by atomic mass is 10.1. The highest BCUT2D eigenvalue weighted by molar-refractivity contribution is 5.35. The van der Waals surface area contributed by atoms with Gasteiger partial charge in [-0.2, -0.15) is 0 Å². The maximum absolute atomic E-state index is 5.36. The topological polar surface area (TPSA) is 78.1 Å². The molecule has 0 fully saturated rings. The molecule has 0 spiro atoms. The zero-order valence-corrected chi connectivity index (χ0v) is 17.3. The Labute approximate surface area is 166 Å². The molecule has 0 aliphatic rings. The van der Waals surface area contributed by atoms with E-state index in [0.717, 1.165) is 12.1 Å². The molecule has 3 rings (SSSR count). The van der Waals surface area contributed by atoms with Crippen LogP contribution in [0.3, 0.4) is 0 Å². The van der Waals surface area contributed by atoms with Crippen LogP contribution in [0.1, 0.15) is 31.4 Å². The van der Waals surface area contributed by atoms with Crippen LogP contribution < -0.4 is 17.2 Å². The molecule has 0 saturated heterocycles. The molecule has 3 heteroatoms. The summed E-state index contributed by atoms with van der Waals surface area (Å²) in [5.74, 6) is 0. The Morgan fingerprint density at radius 2 is 0.778 bits per heavy atom. The maximum Gasteiger partial charge on any atom is 0.0313 e. The fourth-order valence-electron chi connectivity index (χ4n) is 1.88. The Morgan fingerprint density at radius 1 is 0.519 bits per heavy atom. The van der Waals surface area contributed by atoms with Gasteiger partial charge < -0.3 is 17.2 Å². The molecule has 0 unspecified atom stereocenters. The van der Waals surface area contributed by atoms with Crippen LogP contribution in [0.15, 0.2) is 91.0 Å². The molecule has 3 aromatic carbocycles. The Balaban J connectivity index is 0. The normalized spacial score (nSPS) is 8.07. The summed E-state index contributed by atoms with van der Waals surface area (Å²) in [5, 5.41) is 0. The Hall–Kier alpha value is -2.62. The molecular weight excluding hydrogens is 330 g/mol. The summed E-state index contributed by atoms with van der Waals surface area (Å²) in [6.45, 7) is 4.25. The van der Waals surface area contributed by atoms with Crippen molar-refractivity contribution in [2.45, 2.75) is 26.7 Å². The van der Waals surface area contributed by atoms with Gasteiger partial charge in [0.25, 0.3) is 0 Å². The molecule has 0 heterocycles. The van der Waals surface area contributed by atoms with E-state index in [1.54, 1.807) is 0 Å². The molecule has 3 aromatic rings. The number of para-hydroxylation sites is 1. The molecule has 0 atom stereocenters. The summed E-state index contributed by atoms with van der Waals surface area (Å²) in [6.07, 6.45) is 2.28. The van der Waals surface area contributed by atoms with Crippen molar-refractivity contribution in [2.75, 3.05) is 19.8 Å². The molecule has 0 amide bonds. The number of hydrogen-bond acceptors (Lipinski definition) is 3. The molecule has 0 aliphatic heterocycles. The summed E-state index contributed by atoms with van der Waals surface area (Å²) in [7, 11) is 3.00. The SMILES string of the molecule is CCC.CN.CN.Nc1ccccc1.c1ccc(Cc2ccccc2)cc1. The summed E-state index contributed by atoms with van der Waals surface area (Å²) in [5.41, 5.74) is 17.9. The minimum Gasteiger partial charge on any atom is -0.399 e. The number of benzene rings is 3. The second kappa shape index (κ2) is 21.4. The lowest BCUT2D eigenvalue weighted by molar-refractivity contribution is 1.09. The monoisotopic (exact) mass is 367 g/mol. The smallest absolute Gasteiger partial charge is 0.0313 e. The fraction of sp³-hybridized carbons (Fsp3) is 0.250. The van der Waals surface area contributed by atoms with Gasteiger partial charge in [0.05, 0.1) is 0 Å². The Bertz CT molecular complexity index is 573. The first kappa shape index (κ1) is 26.6. The molecule has 27 heavy (non-hydrogen) atoms. The Morgan fingerprint density at radius 3 is 1.00 bits per heavy atom. The summed E-state index contributed by atoms with van der Waals surface area (Å²) >= 11 is 0. The van der Waals surface area contributed by atoms with E-state index in [0.29, 0.717) is 0 Å². The van der Waals surface area contributed by atoms with Crippen LogP contribution in [0.25, 0.3) is 0 Å². The van der Waals surface area contributed by atoms with Crippen LogP contribution in [-0.4, -0.2) is 14.1 Å². The predicted octanol–water partition coefficient (Wildman–Crippen LogP) is 5.11. The second-order valence-corrected chi connectivity index (χ2v) is 5.27. The lowest BCUT2D eigenvalue weighted by Gasteiger charge is -2.00. The predicted molar refractivity (Wildman–Crippen MR) is 123 cm³/mol. The number of anilines is 1. The highest BCUT2D eigenvalue weighted by Crippen LogP contribution is 2.07. The summed E-state index contributed by atoms with van der Waals surface area (Å²) in [4.78, 5) is 0. The van der Waals surface area contributed by atoms with Crippen LogP contribution in [0.5, 0.6) is 0 Å². The van der Waals surface area contributed by atoms with E-state index in [1.807, 2.05) is 30.3 Å². The van der Waals surface area contributed by atoms with Crippen molar-refractivity contribution < 1.29 is 0 Å². The second-order valence-electron chi connectivity index (χ2n) is 5.27. The van der Waals surface area contributed by atoms with E-state index in [1.165, 1.54) is 31.6 Å². The maximum atomic E-state index is 5.36. The van der Waals surface area contributed by atoms with Gasteiger partial charge in [0.15, 0.2) is 0 Å². The third-order valence-corrected chi connectivity index (χ3v) is 2.89. The number of hydrogen-bond donors (Lipinski definition) is 3. The van der Waals surface area contributed by atoms with E-state index in [-0.39, 0.29) is 0 Å². The zero-order valence-electron chi connectivity index (χ0n) is 17.3. The largest absolute Gasteiger partial charge is 0.399 e. The van der Waals surface area contributed by atoms with Crippen molar-refractivity contribution in [1.82, 2.24) is 0 Å². The van der Waals surface area contributed by atoms with E-state index < -0.39 is 0 Å². The number of rotatable bonds is 2. The van der Waals surface area contributed by atoms with Crippen LogP contribution in [-0.2, 0) is 6.42 Å². The van der Waals surface area contributed by atoms with E-state index in [2.05, 4.69) is 86.0 Å². The molecule has 0 radical (unpaired) electrons. The standard InChI is InChI=1S/C13H12.C6H7N.C3H8.2CH5N/c1-3-7-12(8-4-1)11-13-9-5-2-6-10-13;7-6-4-2-1-3-5-6;1-3-2;2*1-2/h1-10H,11H2;1-5H,7H2;3H2,1-2H3;2*2H2,1H3. The molecular formula is C24H37N3. The van der Waals surface area contributed by atoms with Crippen molar-refractivity contribution in [3.63, 3.8) is 0 Å². The molecule has 0 saturated carbocycles. The molecule has 148 valence electrons. The van der Waals surface area contributed by atoms with Gasteiger partial charge in [0, 0.05) is 5.69 Å². The van der Waals surface area contributed by atoms with Gasteiger partial charge in [-0.15, -0.1) is 0 Å². The highest BCUT2D eigenvalue weighted by Gasteiger charge is 1.92. The fourth-order valence-corrected chi connectivity index (χ4v) is 1.88. The molecule has 0 bridgehead atoms. The minimum absolute atomic E-state index is 0.822. The van der Waals surface area contributed by atoms with Crippen molar-refractivity contribution in [2.24, 2.45) is 11.5 Å². The van der Waals surface area contributed by atoms with Crippen molar-refractivity contribution in [3.8, 4) is 0 Å². The molecule has 0 aliphatic carbocycles. The third-order valence-electron chi connectivity index (χ3n) is 2.89. The van der Waals surface area contributed by atoms with Crippen LogP contribution in [0.4, 0.5) is 5.69 Å². The summed E-state index contributed by atoms with van der Waals surface area (Å²) in [6, 6.07) is 30.6. The van der Waals surface area contributed by atoms with Gasteiger partial charge in [-0.3, -0.25) is 0 Å². The quantitative estimate of drug-likeness (QED) is 0.551. The first-order valence-electron chi connectivity index (χ1n) is 9.30. The van der Waals surface area contributed by atoms with Gasteiger partial charge in [-0.1, -0.05) is 99.1 Å². The molecule has 0 aromatic heterocycles. The van der Waals surface area contributed by atoms with Crippen molar-refractivity contribution in [1.29, 1.82) is 0 Å². The van der Waals surface area contributed by atoms with Gasteiger partial charge >= 0.3 is 0 Å². The van der Waals surface area contributed by atoms with Gasteiger partial charge in [-0.25, -0.2) is 0 Å². The van der Waals surface area contributed by atoms with Gasteiger partial charge in [0.2, 0.25) is 0 Å². The zero-order chi connectivity index (χ0) is 20.8. The lowest BCUT2D eigenvalue weighted by Crippen LogP contribution is -1.85. The number of nitrogens with two attached hydrogens (primary N) is 3. The van der Waals surface area contributed by atoms with Crippen LogP contribution in [0, 0.1) is 0 Å². The van der Waals surface area contributed by atoms with Crippen molar-refractivity contribution >= 4 is 5.69 Å². The van der Waals surface area contributed by atoms with Gasteiger partial charge in [0.1, 0.15) is 0 Å². The van der Waals surface area contributed by atoms with E-state index in [9.17, 15) is 0 Å². The average molecular weight is 368 g/mol. The first-order chi connectivity index (χ1) is 13.3. The first-order valence-corrected chi connectivity index (χ1v) is 9.30. The van der Waals surface area contributed by atoms with E-state index >= 15 is 0 Å². The van der Waals surface area contributed by atoms with Gasteiger partial charge in [-0.05, 0) is 43.8 Å². The number of nitrogen functional groups attached to an aromatic ring is 1. The molecule has 3 nitrogen and oxygen atoms in total. The highest BCUT2D eigenvalue weighted by atomic mass is 14.5. The van der Waals surface area contributed by atoms with E-state index in [4.69, 9.17) is 5.73 Å². The summed E-state index contributed by atoms with van der Waals surface area (Å²) < 4.78 is 0. The molecule has 6 N–H and O–H groups in total.